The lowest BCUT2D eigenvalue weighted by atomic mass is 10.1. The second kappa shape index (κ2) is 16.5. The van der Waals surface area contributed by atoms with Crippen molar-refractivity contribution in [1.82, 2.24) is 0 Å². The van der Waals surface area contributed by atoms with E-state index in [9.17, 15) is 0 Å². The highest BCUT2D eigenvalue weighted by atomic mass is 32.1. The van der Waals surface area contributed by atoms with Crippen LogP contribution in [0.5, 0.6) is 0 Å². The topological polar surface area (TPSA) is 6.48 Å². The van der Waals surface area contributed by atoms with Crippen LogP contribution in [0.4, 0.5) is 34.1 Å². The van der Waals surface area contributed by atoms with E-state index in [-0.39, 0.29) is 0 Å². The first-order chi connectivity index (χ1) is 32.2. The molecule has 308 valence electrons. The number of thiophene rings is 2. The fourth-order valence-corrected chi connectivity index (χ4v) is 16.9. The normalized spacial score (nSPS) is 11.7. The van der Waals surface area contributed by atoms with Gasteiger partial charge in [0.2, 0.25) is 0 Å². The zero-order chi connectivity index (χ0) is 43.2. The summed E-state index contributed by atoms with van der Waals surface area (Å²) in [5.41, 5.74) is 6.74. The van der Waals surface area contributed by atoms with Crippen molar-refractivity contribution < 1.29 is 0 Å². The van der Waals surface area contributed by atoms with E-state index in [0.717, 1.165) is 34.1 Å². The van der Waals surface area contributed by atoms with Crippen LogP contribution >= 0.6 is 22.7 Å². The van der Waals surface area contributed by atoms with Gasteiger partial charge < -0.3 is 9.80 Å². The van der Waals surface area contributed by atoms with Crippen LogP contribution in [0.2, 0.25) is 0 Å². The maximum atomic E-state index is 2.48. The van der Waals surface area contributed by atoms with E-state index >= 15 is 0 Å². The maximum Gasteiger partial charge on any atom is 0.179 e. The van der Waals surface area contributed by atoms with Crippen molar-refractivity contribution in [3.63, 3.8) is 0 Å². The highest BCUT2D eigenvalue weighted by Gasteiger charge is 2.42. The fraction of sp³-hybridized carbons (Fsp3) is 0. The standard InChI is InChI=1S/C60H42N2S2Si/c1-5-19-43(20-6-1)61(47-35-37-59-55(41-47)53-31-13-15-33-57(53)63-59)45-23-17-29-51(39-45)65(49-25-9-3-10-26-49,50-27-11-4-12-28-50)52-30-18-24-46(40-52)62(44-21-7-2-8-22-44)48-36-38-60-56(42-48)54-32-14-16-34-58(54)64-60/h1-42H. The SMILES string of the molecule is c1ccc(N(c2cccc([Si](c3ccccc3)(c3ccccc3)c3cccc(N(c4ccccc4)c4ccc5sc6ccccc6c5c4)c3)c2)c2ccc3sc4ccccc4c3c2)cc1. The minimum absolute atomic E-state index is 1.12. The predicted molar refractivity (Wildman–Crippen MR) is 285 cm³/mol. The first-order valence-electron chi connectivity index (χ1n) is 22.1. The van der Waals surface area contributed by atoms with Gasteiger partial charge in [-0.2, -0.15) is 0 Å². The molecule has 65 heavy (non-hydrogen) atoms. The molecule has 2 heterocycles. The van der Waals surface area contributed by atoms with Crippen LogP contribution in [0, 0.1) is 0 Å². The lowest BCUT2D eigenvalue weighted by molar-refractivity contribution is 1.29. The summed E-state index contributed by atoms with van der Waals surface area (Å²) in [5.74, 6) is 0. The van der Waals surface area contributed by atoms with Crippen LogP contribution in [0.15, 0.2) is 255 Å². The number of hydrogen-bond donors (Lipinski definition) is 0. The molecule has 0 spiro atoms. The Morgan fingerprint density at radius 1 is 0.231 bits per heavy atom. The third-order valence-corrected chi connectivity index (χ3v) is 19.8. The molecule has 0 saturated carbocycles. The zero-order valence-electron chi connectivity index (χ0n) is 35.5. The lowest BCUT2D eigenvalue weighted by Gasteiger charge is -2.36. The molecule has 5 heteroatoms. The average molecular weight is 883 g/mol. The number of fused-ring (bicyclic) bond motifs is 6. The first kappa shape index (κ1) is 39.1. The largest absolute Gasteiger partial charge is 0.310 e. The van der Waals surface area contributed by atoms with Gasteiger partial charge in [-0.15, -0.1) is 22.7 Å². The molecule has 0 unspecified atom stereocenters. The molecule has 0 amide bonds. The van der Waals surface area contributed by atoms with Gasteiger partial charge >= 0.3 is 0 Å². The Labute approximate surface area is 388 Å². The maximum absolute atomic E-state index is 3.05. The summed E-state index contributed by atoms with van der Waals surface area (Å²) in [4.78, 5) is 4.87. The molecule has 12 aromatic rings. The minimum atomic E-state index is -3.05. The van der Waals surface area contributed by atoms with E-state index in [1.807, 2.05) is 22.7 Å². The van der Waals surface area contributed by atoms with Gasteiger partial charge in [-0.1, -0.05) is 158 Å². The zero-order valence-corrected chi connectivity index (χ0v) is 38.1. The van der Waals surface area contributed by atoms with Gasteiger partial charge in [-0.05, 0) is 118 Å². The Bertz CT molecular complexity index is 3380. The second-order valence-corrected chi connectivity index (χ2v) is 22.5. The lowest BCUT2D eigenvalue weighted by Crippen LogP contribution is -2.74. The second-order valence-electron chi connectivity index (χ2n) is 16.5. The van der Waals surface area contributed by atoms with E-state index in [0.29, 0.717) is 0 Å². The van der Waals surface area contributed by atoms with Crippen molar-refractivity contribution in [3.05, 3.63) is 255 Å². The first-order valence-corrected chi connectivity index (χ1v) is 25.7. The number of hydrogen-bond acceptors (Lipinski definition) is 4. The van der Waals surface area contributed by atoms with E-state index in [4.69, 9.17) is 0 Å². The summed E-state index contributed by atoms with van der Waals surface area (Å²) in [7, 11) is -3.05. The summed E-state index contributed by atoms with van der Waals surface area (Å²) in [6, 6.07) is 94.5. The van der Waals surface area contributed by atoms with Crippen LogP contribution in [0.3, 0.4) is 0 Å². The molecular weight excluding hydrogens is 841 g/mol. The third kappa shape index (κ3) is 6.84. The molecule has 0 atom stereocenters. The van der Waals surface area contributed by atoms with Crippen LogP contribution < -0.4 is 30.5 Å². The summed E-state index contributed by atoms with van der Waals surface area (Å²) in [5, 5.41) is 10.4. The number of benzene rings is 10. The van der Waals surface area contributed by atoms with Crippen LogP contribution in [-0.2, 0) is 0 Å². The molecule has 0 aliphatic rings. The predicted octanol–water partition coefficient (Wildman–Crippen LogP) is 14.7. The number of rotatable bonds is 10. The molecule has 0 bridgehead atoms. The van der Waals surface area contributed by atoms with E-state index in [2.05, 4.69) is 265 Å². The highest BCUT2D eigenvalue weighted by molar-refractivity contribution is 7.26. The Balaban J connectivity index is 1.08. The third-order valence-electron chi connectivity index (χ3n) is 12.8. The highest BCUT2D eigenvalue weighted by Crippen LogP contribution is 2.42. The fourth-order valence-electron chi connectivity index (χ4n) is 9.89. The molecule has 0 aliphatic carbocycles. The molecule has 0 radical (unpaired) electrons. The van der Waals surface area contributed by atoms with Crippen LogP contribution in [-0.4, -0.2) is 8.07 Å². The Morgan fingerprint density at radius 2 is 0.554 bits per heavy atom. The summed E-state index contributed by atoms with van der Waals surface area (Å²) >= 11 is 3.72. The summed E-state index contributed by atoms with van der Waals surface area (Å²) < 4.78 is 5.21. The van der Waals surface area contributed by atoms with Gasteiger partial charge in [0.25, 0.3) is 0 Å². The average Bonchev–Trinajstić information content (AvgIpc) is 3.94. The molecule has 0 saturated heterocycles. The summed E-state index contributed by atoms with van der Waals surface area (Å²) in [6.07, 6.45) is 0. The van der Waals surface area contributed by atoms with Crippen molar-refractivity contribution in [2.24, 2.45) is 0 Å². The van der Waals surface area contributed by atoms with Crippen molar-refractivity contribution >= 4 is 126 Å². The molecule has 2 aromatic heterocycles. The van der Waals surface area contributed by atoms with Gasteiger partial charge in [0, 0.05) is 74.5 Å². The van der Waals surface area contributed by atoms with E-state index < -0.39 is 8.07 Å². The van der Waals surface area contributed by atoms with Crippen molar-refractivity contribution in [2.75, 3.05) is 9.80 Å². The minimum Gasteiger partial charge on any atom is -0.310 e. The number of nitrogens with zero attached hydrogens (tertiary/aromatic N) is 2. The summed E-state index contributed by atoms with van der Waals surface area (Å²) in [6.45, 7) is 0. The van der Waals surface area contributed by atoms with Crippen molar-refractivity contribution in [1.29, 1.82) is 0 Å². The number of anilines is 6. The smallest absolute Gasteiger partial charge is 0.179 e. The van der Waals surface area contributed by atoms with E-state index in [1.165, 1.54) is 61.1 Å². The van der Waals surface area contributed by atoms with Gasteiger partial charge in [0.15, 0.2) is 8.07 Å². The Morgan fingerprint density at radius 3 is 0.985 bits per heavy atom. The van der Waals surface area contributed by atoms with Crippen LogP contribution in [0.1, 0.15) is 0 Å². The van der Waals surface area contributed by atoms with Gasteiger partial charge in [-0.3, -0.25) is 0 Å². The molecule has 0 fully saturated rings. The monoisotopic (exact) mass is 882 g/mol. The molecular formula is C60H42N2S2Si. The van der Waals surface area contributed by atoms with Gasteiger partial charge in [-0.25, -0.2) is 0 Å². The molecule has 12 rings (SSSR count). The molecule has 2 nitrogen and oxygen atoms in total. The Kier molecular flexibility index (Phi) is 9.94. The molecule has 10 aromatic carbocycles. The molecule has 0 N–H and O–H groups in total. The Hall–Kier alpha value is -7.54. The van der Waals surface area contributed by atoms with E-state index in [1.54, 1.807) is 0 Å². The van der Waals surface area contributed by atoms with Crippen molar-refractivity contribution in [3.8, 4) is 0 Å². The van der Waals surface area contributed by atoms with Gasteiger partial charge in [0.05, 0.1) is 0 Å². The quantitative estimate of drug-likeness (QED) is 0.0997. The molecule has 0 aliphatic heterocycles. The van der Waals surface area contributed by atoms with Crippen molar-refractivity contribution in [2.45, 2.75) is 0 Å². The number of para-hydroxylation sites is 2. The van der Waals surface area contributed by atoms with Crippen LogP contribution in [0.25, 0.3) is 40.3 Å². The van der Waals surface area contributed by atoms with Gasteiger partial charge in [0.1, 0.15) is 0 Å².